The molecule has 46 heavy (non-hydrogen) atoms. The predicted molar refractivity (Wildman–Crippen MR) is 183 cm³/mol. The van der Waals surface area contributed by atoms with Gasteiger partial charge in [0.05, 0.1) is 36.6 Å². The highest BCUT2D eigenvalue weighted by Crippen LogP contribution is 2.36. The van der Waals surface area contributed by atoms with Crippen LogP contribution in [-0.4, -0.2) is 44.3 Å². The third-order valence-electron chi connectivity index (χ3n) is 6.53. The summed E-state index contributed by atoms with van der Waals surface area (Å²) in [6.45, 7) is 1.76. The van der Waals surface area contributed by atoms with E-state index in [1.807, 2.05) is 6.07 Å². The van der Waals surface area contributed by atoms with Crippen molar-refractivity contribution in [1.82, 2.24) is 5.32 Å². The maximum atomic E-state index is 13.7. The van der Waals surface area contributed by atoms with Gasteiger partial charge in [-0.15, -0.1) is 11.8 Å². The van der Waals surface area contributed by atoms with Crippen molar-refractivity contribution < 1.29 is 28.6 Å². The molecule has 0 fully saturated rings. The van der Waals surface area contributed by atoms with Gasteiger partial charge in [0, 0.05) is 33.5 Å². The molecule has 4 aromatic rings. The SMILES string of the molecule is COc1cc(OC)c(OC)cc1/C=C(/NC(=O)c1ccccc1)C(=O)Nc1cccc(SC(C)C(=O)Nc2ccc(Cl)c(Cl)c2)c1. The molecule has 0 aliphatic heterocycles. The van der Waals surface area contributed by atoms with Gasteiger partial charge in [0.1, 0.15) is 11.4 Å². The molecule has 4 rings (SSSR count). The summed E-state index contributed by atoms with van der Waals surface area (Å²) in [6, 6.07) is 23.7. The molecule has 12 heteroatoms. The fourth-order valence-electron chi connectivity index (χ4n) is 4.18. The van der Waals surface area contributed by atoms with Crippen LogP contribution in [0.2, 0.25) is 10.0 Å². The molecule has 0 saturated heterocycles. The van der Waals surface area contributed by atoms with Crippen molar-refractivity contribution in [2.45, 2.75) is 17.1 Å². The molecule has 0 heterocycles. The van der Waals surface area contributed by atoms with Crippen LogP contribution in [0.4, 0.5) is 11.4 Å². The highest BCUT2D eigenvalue weighted by Gasteiger charge is 2.19. The van der Waals surface area contributed by atoms with E-state index in [0.717, 1.165) is 4.90 Å². The molecule has 3 amide bonds. The summed E-state index contributed by atoms with van der Waals surface area (Å²) in [5.41, 5.74) is 1.76. The lowest BCUT2D eigenvalue weighted by molar-refractivity contribution is -0.115. The summed E-state index contributed by atoms with van der Waals surface area (Å²) in [4.78, 5) is 40.4. The number of thioether (sulfide) groups is 1. The van der Waals surface area contributed by atoms with Gasteiger partial charge < -0.3 is 30.2 Å². The highest BCUT2D eigenvalue weighted by molar-refractivity contribution is 8.00. The molecular weight excluding hydrogens is 649 g/mol. The number of carbonyl (C=O) groups is 3. The summed E-state index contributed by atoms with van der Waals surface area (Å²) >= 11 is 13.3. The van der Waals surface area contributed by atoms with E-state index in [-0.39, 0.29) is 11.6 Å². The maximum absolute atomic E-state index is 13.7. The number of rotatable bonds is 12. The number of anilines is 2. The molecule has 4 aromatic carbocycles. The van der Waals surface area contributed by atoms with Crippen molar-refractivity contribution in [3.63, 3.8) is 0 Å². The van der Waals surface area contributed by atoms with E-state index in [4.69, 9.17) is 37.4 Å². The van der Waals surface area contributed by atoms with Crippen LogP contribution in [-0.2, 0) is 9.59 Å². The van der Waals surface area contributed by atoms with Gasteiger partial charge >= 0.3 is 0 Å². The molecule has 0 aromatic heterocycles. The Morgan fingerprint density at radius 3 is 2.09 bits per heavy atom. The Kier molecular flexibility index (Phi) is 12.0. The van der Waals surface area contributed by atoms with Crippen LogP contribution in [0.5, 0.6) is 17.2 Å². The van der Waals surface area contributed by atoms with E-state index in [2.05, 4.69) is 16.0 Å². The van der Waals surface area contributed by atoms with Crippen LogP contribution in [0.1, 0.15) is 22.8 Å². The molecule has 0 radical (unpaired) electrons. The number of hydrogen-bond donors (Lipinski definition) is 3. The number of halogens is 2. The fraction of sp³-hybridized carbons (Fsp3) is 0.147. The zero-order valence-corrected chi connectivity index (χ0v) is 27.7. The lowest BCUT2D eigenvalue weighted by atomic mass is 10.1. The smallest absolute Gasteiger partial charge is 0.272 e. The molecule has 1 atom stereocenters. The minimum atomic E-state index is -0.589. The van der Waals surface area contributed by atoms with Crippen LogP contribution >= 0.6 is 35.0 Å². The second-order valence-corrected chi connectivity index (χ2v) is 11.9. The highest BCUT2D eigenvalue weighted by atomic mass is 35.5. The number of nitrogens with one attached hydrogen (secondary N) is 3. The van der Waals surface area contributed by atoms with Crippen molar-refractivity contribution in [3.8, 4) is 17.2 Å². The summed E-state index contributed by atoms with van der Waals surface area (Å²) < 4.78 is 16.3. The average Bonchev–Trinajstić information content (AvgIpc) is 3.06. The van der Waals surface area contributed by atoms with Gasteiger partial charge in [-0.05, 0) is 67.6 Å². The van der Waals surface area contributed by atoms with Crippen LogP contribution in [0.25, 0.3) is 6.08 Å². The first-order valence-electron chi connectivity index (χ1n) is 13.8. The number of benzene rings is 4. The minimum Gasteiger partial charge on any atom is -0.496 e. The second kappa shape index (κ2) is 16.1. The molecule has 0 bridgehead atoms. The number of carbonyl (C=O) groups excluding carboxylic acids is 3. The quantitative estimate of drug-likeness (QED) is 0.105. The molecule has 3 N–H and O–H groups in total. The Hall–Kier alpha value is -4.64. The molecule has 0 spiro atoms. The summed E-state index contributed by atoms with van der Waals surface area (Å²) in [5.74, 6) is -0.0732. The first-order valence-corrected chi connectivity index (χ1v) is 15.5. The van der Waals surface area contributed by atoms with E-state index in [9.17, 15) is 14.4 Å². The van der Waals surface area contributed by atoms with Gasteiger partial charge in [-0.3, -0.25) is 14.4 Å². The Morgan fingerprint density at radius 1 is 0.739 bits per heavy atom. The number of hydrogen-bond acceptors (Lipinski definition) is 7. The van der Waals surface area contributed by atoms with Crippen LogP contribution in [0.15, 0.2) is 95.5 Å². The van der Waals surface area contributed by atoms with Crippen molar-refractivity contribution in [2.24, 2.45) is 0 Å². The summed E-state index contributed by atoms with van der Waals surface area (Å²) in [6.07, 6.45) is 1.49. The molecule has 0 saturated carbocycles. The normalized spacial score (nSPS) is 11.7. The van der Waals surface area contributed by atoms with E-state index in [1.54, 1.807) is 85.8 Å². The van der Waals surface area contributed by atoms with Crippen molar-refractivity contribution in [3.05, 3.63) is 112 Å². The number of amides is 3. The Labute approximate surface area is 281 Å². The van der Waals surface area contributed by atoms with Crippen molar-refractivity contribution in [2.75, 3.05) is 32.0 Å². The summed E-state index contributed by atoms with van der Waals surface area (Å²) in [5, 5.41) is 8.62. The second-order valence-electron chi connectivity index (χ2n) is 9.69. The first kappa shape index (κ1) is 34.2. The molecule has 0 aliphatic rings. The molecular formula is C34H31Cl2N3O6S. The van der Waals surface area contributed by atoms with Crippen LogP contribution in [0, 0.1) is 0 Å². The lowest BCUT2D eigenvalue weighted by Gasteiger charge is -2.15. The van der Waals surface area contributed by atoms with Gasteiger partial charge in [0.25, 0.3) is 11.8 Å². The lowest BCUT2D eigenvalue weighted by Crippen LogP contribution is -2.30. The van der Waals surface area contributed by atoms with E-state index in [0.29, 0.717) is 49.8 Å². The number of methoxy groups -OCH3 is 3. The number of ether oxygens (including phenoxy) is 3. The third-order valence-corrected chi connectivity index (χ3v) is 8.36. The first-order chi connectivity index (χ1) is 22.1. The van der Waals surface area contributed by atoms with Gasteiger partial charge in [0.2, 0.25) is 5.91 Å². The molecule has 9 nitrogen and oxygen atoms in total. The van der Waals surface area contributed by atoms with Crippen molar-refractivity contribution >= 4 is 70.1 Å². The minimum absolute atomic E-state index is 0.0493. The predicted octanol–water partition coefficient (Wildman–Crippen LogP) is 7.55. The largest absolute Gasteiger partial charge is 0.496 e. The Bertz CT molecular complexity index is 1770. The molecule has 0 aliphatic carbocycles. The van der Waals surface area contributed by atoms with Crippen LogP contribution in [0.3, 0.4) is 0 Å². The third kappa shape index (κ3) is 8.97. The van der Waals surface area contributed by atoms with Gasteiger partial charge in [-0.2, -0.15) is 0 Å². The maximum Gasteiger partial charge on any atom is 0.272 e. The van der Waals surface area contributed by atoms with E-state index < -0.39 is 17.1 Å². The monoisotopic (exact) mass is 679 g/mol. The fourth-order valence-corrected chi connectivity index (χ4v) is 5.41. The van der Waals surface area contributed by atoms with E-state index >= 15 is 0 Å². The Balaban J connectivity index is 1.57. The zero-order valence-electron chi connectivity index (χ0n) is 25.4. The van der Waals surface area contributed by atoms with Crippen molar-refractivity contribution in [1.29, 1.82) is 0 Å². The van der Waals surface area contributed by atoms with Gasteiger partial charge in [-0.1, -0.05) is 47.5 Å². The summed E-state index contributed by atoms with van der Waals surface area (Å²) in [7, 11) is 4.47. The van der Waals surface area contributed by atoms with Crippen LogP contribution < -0.4 is 30.2 Å². The van der Waals surface area contributed by atoms with Gasteiger partial charge in [-0.25, -0.2) is 0 Å². The zero-order chi connectivity index (χ0) is 33.2. The topological polar surface area (TPSA) is 115 Å². The molecule has 1 unspecified atom stereocenters. The molecule has 238 valence electrons. The van der Waals surface area contributed by atoms with E-state index in [1.165, 1.54) is 39.2 Å². The Morgan fingerprint density at radius 2 is 1.41 bits per heavy atom. The standard InChI is InChI=1S/C34H31Cl2N3O6S/c1-20(32(40)37-24-13-14-26(35)27(36)18-24)46-25-12-8-11-23(17-25)38-34(42)28(39-33(41)21-9-6-5-7-10-21)15-22-16-30(44-3)31(45-4)19-29(22)43-2/h5-20H,1-4H3,(H,37,40)(H,38,42)(H,39,41)/b28-15+. The average molecular weight is 681 g/mol. The van der Waals surface area contributed by atoms with Gasteiger partial charge in [0.15, 0.2) is 11.5 Å².